The lowest BCUT2D eigenvalue weighted by atomic mass is 10.0. The van der Waals surface area contributed by atoms with Crippen molar-refractivity contribution in [2.24, 2.45) is 11.8 Å². The minimum absolute atomic E-state index is 0.108. The zero-order valence-electron chi connectivity index (χ0n) is 18.4. The average molecular weight is 420 g/mol. The molecule has 5 heterocycles. The Morgan fingerprint density at radius 2 is 1.87 bits per heavy atom. The predicted molar refractivity (Wildman–Crippen MR) is 120 cm³/mol. The molecule has 162 valence electrons. The third-order valence-corrected chi connectivity index (χ3v) is 7.42. The summed E-state index contributed by atoms with van der Waals surface area (Å²) in [4.78, 5) is 33.0. The molecule has 0 bridgehead atoms. The lowest BCUT2D eigenvalue weighted by Crippen LogP contribution is -2.29. The second kappa shape index (κ2) is 6.63. The minimum atomic E-state index is -0.108. The van der Waals surface area contributed by atoms with Gasteiger partial charge in [0.2, 0.25) is 11.9 Å². The first-order valence-corrected chi connectivity index (χ1v) is 11.2. The number of fused-ring (bicyclic) bond motifs is 3. The highest BCUT2D eigenvalue weighted by Crippen LogP contribution is 2.58. The van der Waals surface area contributed by atoms with Crippen LogP contribution in [0, 0.1) is 18.8 Å². The number of carbonyl (C=O) groups excluding carboxylic acids is 1. The number of anilines is 4. The fourth-order valence-corrected chi connectivity index (χ4v) is 5.79. The highest BCUT2D eigenvalue weighted by molar-refractivity contribution is 5.89. The summed E-state index contributed by atoms with van der Waals surface area (Å²) in [5.74, 6) is 3.71. The SMILES string of the molecule is CC(=O)Nc1cc2c(cn1)C1(CC1)CN2c1cc(C)nc(N2CC3CN(C)CC3C2)n1. The molecule has 3 fully saturated rings. The molecule has 2 saturated heterocycles. The quantitative estimate of drug-likeness (QED) is 0.818. The fourth-order valence-electron chi connectivity index (χ4n) is 5.79. The molecule has 2 aromatic heterocycles. The number of nitrogens with zero attached hydrogens (tertiary/aromatic N) is 6. The Hall–Kier alpha value is -2.74. The molecule has 6 rings (SSSR count). The summed E-state index contributed by atoms with van der Waals surface area (Å²) < 4.78 is 0. The van der Waals surface area contributed by atoms with E-state index < -0.39 is 0 Å². The lowest BCUT2D eigenvalue weighted by molar-refractivity contribution is -0.114. The van der Waals surface area contributed by atoms with Gasteiger partial charge in [0.15, 0.2) is 0 Å². The number of amides is 1. The van der Waals surface area contributed by atoms with Gasteiger partial charge in [-0.15, -0.1) is 0 Å². The van der Waals surface area contributed by atoms with Crippen molar-refractivity contribution in [2.75, 3.05) is 54.9 Å². The Kier molecular flexibility index (Phi) is 4.06. The average Bonchev–Trinajstić information content (AvgIpc) is 3.09. The Bertz CT molecular complexity index is 1050. The molecule has 2 atom stereocenters. The van der Waals surface area contributed by atoms with E-state index in [1.807, 2.05) is 12.3 Å². The number of hydrogen-bond acceptors (Lipinski definition) is 7. The van der Waals surface area contributed by atoms with Gasteiger partial charge < -0.3 is 20.0 Å². The lowest BCUT2D eigenvalue weighted by Gasteiger charge is -2.24. The summed E-state index contributed by atoms with van der Waals surface area (Å²) in [5.41, 5.74) is 3.56. The van der Waals surface area contributed by atoms with Gasteiger partial charge >= 0.3 is 0 Å². The minimum Gasteiger partial charge on any atom is -0.340 e. The molecule has 1 amide bonds. The summed E-state index contributed by atoms with van der Waals surface area (Å²) in [6, 6.07) is 4.08. The molecule has 8 nitrogen and oxygen atoms in total. The zero-order chi connectivity index (χ0) is 21.3. The van der Waals surface area contributed by atoms with Crippen LogP contribution >= 0.6 is 0 Å². The molecule has 0 radical (unpaired) electrons. The Labute approximate surface area is 182 Å². The summed E-state index contributed by atoms with van der Waals surface area (Å²) in [5, 5.41) is 2.83. The Morgan fingerprint density at radius 3 is 2.55 bits per heavy atom. The maximum atomic E-state index is 11.5. The maximum Gasteiger partial charge on any atom is 0.227 e. The highest BCUT2D eigenvalue weighted by atomic mass is 16.1. The van der Waals surface area contributed by atoms with E-state index in [1.54, 1.807) is 0 Å². The number of carbonyl (C=O) groups is 1. The molecule has 1 aliphatic carbocycles. The van der Waals surface area contributed by atoms with Crippen molar-refractivity contribution >= 4 is 29.2 Å². The number of pyridine rings is 1. The van der Waals surface area contributed by atoms with Crippen molar-refractivity contribution in [3.8, 4) is 0 Å². The smallest absolute Gasteiger partial charge is 0.227 e. The first-order chi connectivity index (χ1) is 14.9. The number of aryl methyl sites for hydroxylation is 1. The summed E-state index contributed by atoms with van der Waals surface area (Å²) >= 11 is 0. The van der Waals surface area contributed by atoms with Crippen molar-refractivity contribution in [1.29, 1.82) is 0 Å². The number of hydrogen-bond donors (Lipinski definition) is 1. The van der Waals surface area contributed by atoms with Crippen molar-refractivity contribution in [2.45, 2.75) is 32.1 Å². The van der Waals surface area contributed by atoms with Gasteiger partial charge in [-0.3, -0.25) is 4.79 Å². The van der Waals surface area contributed by atoms with Gasteiger partial charge in [0.05, 0.1) is 5.69 Å². The number of rotatable bonds is 3. The largest absolute Gasteiger partial charge is 0.340 e. The standard InChI is InChI=1S/C23H29N7O/c1-14-6-21(27-22(25-14)29-11-16-9-28(3)10-17(16)12-29)30-13-23(4-5-23)18-8-24-20(7-19(18)30)26-15(2)31/h6-8,16-17H,4-5,9-13H2,1-3H3,(H,24,26,31). The van der Waals surface area contributed by atoms with Crippen LogP contribution < -0.4 is 15.1 Å². The number of aromatic nitrogens is 3. The van der Waals surface area contributed by atoms with E-state index in [0.29, 0.717) is 17.7 Å². The normalized spacial score (nSPS) is 25.8. The molecule has 2 unspecified atom stereocenters. The van der Waals surface area contributed by atoms with Crippen LogP contribution in [0.2, 0.25) is 0 Å². The molecule has 0 aromatic carbocycles. The fraction of sp³-hybridized carbons (Fsp3) is 0.565. The summed E-state index contributed by atoms with van der Waals surface area (Å²) in [6.45, 7) is 8.89. The molecule has 31 heavy (non-hydrogen) atoms. The first-order valence-electron chi connectivity index (χ1n) is 11.2. The third kappa shape index (κ3) is 3.15. The van der Waals surface area contributed by atoms with Gasteiger partial charge in [-0.1, -0.05) is 0 Å². The van der Waals surface area contributed by atoms with Crippen LogP contribution in [0.4, 0.5) is 23.3 Å². The maximum absolute atomic E-state index is 11.5. The molecular weight excluding hydrogens is 390 g/mol. The van der Waals surface area contributed by atoms with Gasteiger partial charge in [-0.2, -0.15) is 4.98 Å². The second-order valence-corrected chi connectivity index (χ2v) is 9.95. The van der Waals surface area contributed by atoms with Gasteiger partial charge in [0.1, 0.15) is 11.6 Å². The molecule has 1 spiro atoms. The van der Waals surface area contributed by atoms with Crippen molar-refractivity contribution in [1.82, 2.24) is 19.9 Å². The second-order valence-electron chi connectivity index (χ2n) is 9.95. The third-order valence-electron chi connectivity index (χ3n) is 7.42. The zero-order valence-corrected chi connectivity index (χ0v) is 18.4. The van der Waals surface area contributed by atoms with E-state index in [2.05, 4.69) is 45.0 Å². The molecule has 1 N–H and O–H groups in total. The van der Waals surface area contributed by atoms with Crippen LogP contribution in [0.25, 0.3) is 0 Å². The van der Waals surface area contributed by atoms with Crippen molar-refractivity contribution in [3.63, 3.8) is 0 Å². The van der Waals surface area contributed by atoms with E-state index in [9.17, 15) is 4.79 Å². The van der Waals surface area contributed by atoms with Crippen LogP contribution in [-0.2, 0) is 10.2 Å². The number of nitrogens with one attached hydrogen (secondary N) is 1. The molecule has 4 aliphatic rings. The van der Waals surface area contributed by atoms with E-state index in [1.165, 1.54) is 38.4 Å². The highest BCUT2D eigenvalue weighted by Gasteiger charge is 2.52. The molecule has 8 heteroatoms. The van der Waals surface area contributed by atoms with Crippen LogP contribution in [0.5, 0.6) is 0 Å². The van der Waals surface area contributed by atoms with Crippen LogP contribution in [0.1, 0.15) is 31.0 Å². The van der Waals surface area contributed by atoms with Gasteiger partial charge in [0.25, 0.3) is 0 Å². The van der Waals surface area contributed by atoms with E-state index >= 15 is 0 Å². The van der Waals surface area contributed by atoms with E-state index in [0.717, 1.165) is 42.8 Å². The first kappa shape index (κ1) is 19.0. The topological polar surface area (TPSA) is 77.5 Å². The van der Waals surface area contributed by atoms with E-state index in [4.69, 9.17) is 9.97 Å². The molecule has 2 aromatic rings. The van der Waals surface area contributed by atoms with Gasteiger partial charge in [0, 0.05) is 74.6 Å². The molecular formula is C23H29N7O. The Balaban J connectivity index is 1.34. The van der Waals surface area contributed by atoms with Gasteiger partial charge in [-0.25, -0.2) is 9.97 Å². The van der Waals surface area contributed by atoms with E-state index in [-0.39, 0.29) is 11.3 Å². The van der Waals surface area contributed by atoms with Crippen molar-refractivity contribution < 1.29 is 4.79 Å². The molecule has 3 aliphatic heterocycles. The summed E-state index contributed by atoms with van der Waals surface area (Å²) in [6.07, 6.45) is 4.30. The van der Waals surface area contributed by atoms with Crippen molar-refractivity contribution in [3.05, 3.63) is 29.6 Å². The molecule has 1 saturated carbocycles. The predicted octanol–water partition coefficient (Wildman–Crippen LogP) is 2.32. The summed E-state index contributed by atoms with van der Waals surface area (Å²) in [7, 11) is 2.21. The number of likely N-dealkylation sites (tertiary alicyclic amines) is 1. The Morgan fingerprint density at radius 1 is 1.13 bits per heavy atom. The van der Waals surface area contributed by atoms with Gasteiger partial charge in [-0.05, 0) is 38.6 Å². The van der Waals surface area contributed by atoms with Crippen LogP contribution in [0.15, 0.2) is 18.3 Å². The monoisotopic (exact) mass is 419 g/mol. The van der Waals surface area contributed by atoms with Crippen LogP contribution in [0.3, 0.4) is 0 Å². The van der Waals surface area contributed by atoms with Crippen LogP contribution in [-0.4, -0.2) is 65.5 Å².